The maximum absolute atomic E-state index is 12.6. The lowest BCUT2D eigenvalue weighted by Gasteiger charge is -2.32. The Labute approximate surface area is 133 Å². The van der Waals surface area contributed by atoms with E-state index in [2.05, 4.69) is 10.2 Å². The van der Waals surface area contributed by atoms with Crippen LogP contribution >= 0.6 is 0 Å². The molecule has 0 aliphatic carbocycles. The van der Waals surface area contributed by atoms with Crippen molar-refractivity contribution in [3.05, 3.63) is 52.6 Å². The summed E-state index contributed by atoms with van der Waals surface area (Å²) in [4.78, 5) is 26.4. The smallest absolute Gasteiger partial charge is 0.263 e. The number of aryl methyl sites for hydroxylation is 1. The minimum atomic E-state index is -0.283. The van der Waals surface area contributed by atoms with Gasteiger partial charge in [0, 0.05) is 32.1 Å². The molecule has 7 heteroatoms. The number of rotatable bonds is 3. The first-order chi connectivity index (χ1) is 11.1. The van der Waals surface area contributed by atoms with Gasteiger partial charge in [-0.15, -0.1) is 5.10 Å². The van der Waals surface area contributed by atoms with Gasteiger partial charge in [0.15, 0.2) is 0 Å². The number of carbonyl (C=O) groups excluding carboxylic acids is 1. The third-order valence-electron chi connectivity index (χ3n) is 3.85. The van der Waals surface area contributed by atoms with E-state index in [0.29, 0.717) is 19.0 Å². The summed E-state index contributed by atoms with van der Waals surface area (Å²) >= 11 is 0. The highest BCUT2D eigenvalue weighted by Crippen LogP contribution is 2.17. The van der Waals surface area contributed by atoms with Gasteiger partial charge in [0.1, 0.15) is 11.7 Å². The second kappa shape index (κ2) is 6.60. The number of nitrogens with zero attached hydrogens (tertiary/aromatic N) is 4. The standard InChI is InChI=1S/C16H18N4O3/c1-19-9-4-6-13(15(19)21)16(22)20-10-3-5-12(11-20)23-14-7-2-8-17-18-14/h2,4,6-9,12H,3,5,10-11H2,1H3/t12-/m1/s1. The van der Waals surface area contributed by atoms with Crippen LogP contribution in [-0.2, 0) is 7.05 Å². The Morgan fingerprint density at radius 2 is 2.22 bits per heavy atom. The van der Waals surface area contributed by atoms with E-state index in [0.717, 1.165) is 12.8 Å². The second-order valence-corrected chi connectivity index (χ2v) is 5.53. The molecule has 1 atom stereocenters. The number of piperidine rings is 1. The van der Waals surface area contributed by atoms with Crippen LogP contribution in [0.1, 0.15) is 23.2 Å². The molecule has 0 saturated carbocycles. The van der Waals surface area contributed by atoms with E-state index in [4.69, 9.17) is 4.74 Å². The number of aromatic nitrogens is 3. The van der Waals surface area contributed by atoms with Crippen molar-refractivity contribution in [2.24, 2.45) is 7.05 Å². The van der Waals surface area contributed by atoms with Crippen molar-refractivity contribution in [1.82, 2.24) is 19.7 Å². The van der Waals surface area contributed by atoms with E-state index in [1.54, 1.807) is 48.6 Å². The van der Waals surface area contributed by atoms with Gasteiger partial charge in [0.25, 0.3) is 11.5 Å². The van der Waals surface area contributed by atoms with Crippen LogP contribution in [0.2, 0.25) is 0 Å². The Morgan fingerprint density at radius 3 is 3.00 bits per heavy atom. The SMILES string of the molecule is Cn1cccc(C(=O)N2CCC[C@@H](Oc3cccnn3)C2)c1=O. The van der Waals surface area contributed by atoms with Crippen LogP contribution in [0.4, 0.5) is 0 Å². The van der Waals surface area contributed by atoms with Crippen molar-refractivity contribution in [3.8, 4) is 5.88 Å². The van der Waals surface area contributed by atoms with Gasteiger partial charge < -0.3 is 14.2 Å². The van der Waals surface area contributed by atoms with Gasteiger partial charge in [0.05, 0.1) is 6.54 Å². The third-order valence-corrected chi connectivity index (χ3v) is 3.85. The molecule has 1 saturated heterocycles. The van der Waals surface area contributed by atoms with Crippen LogP contribution in [0, 0.1) is 0 Å². The fourth-order valence-electron chi connectivity index (χ4n) is 2.67. The highest BCUT2D eigenvalue weighted by molar-refractivity contribution is 5.93. The fourth-order valence-corrected chi connectivity index (χ4v) is 2.67. The first-order valence-electron chi connectivity index (χ1n) is 7.54. The first-order valence-corrected chi connectivity index (χ1v) is 7.54. The van der Waals surface area contributed by atoms with Gasteiger partial charge in [-0.25, -0.2) is 0 Å². The minimum absolute atomic E-state index is 0.142. The maximum Gasteiger partial charge on any atom is 0.263 e. The van der Waals surface area contributed by atoms with Crippen molar-refractivity contribution in [2.75, 3.05) is 13.1 Å². The predicted molar refractivity (Wildman–Crippen MR) is 83.3 cm³/mol. The summed E-state index contributed by atoms with van der Waals surface area (Å²) in [6.07, 6.45) is 4.73. The molecule has 3 rings (SSSR count). The zero-order chi connectivity index (χ0) is 16.2. The summed E-state index contributed by atoms with van der Waals surface area (Å²) in [6.45, 7) is 1.06. The molecule has 0 aromatic carbocycles. The summed E-state index contributed by atoms with van der Waals surface area (Å²) in [7, 11) is 1.63. The molecule has 1 fully saturated rings. The normalized spacial score (nSPS) is 17.8. The molecule has 0 radical (unpaired) electrons. The quantitative estimate of drug-likeness (QED) is 0.840. The number of hydrogen-bond acceptors (Lipinski definition) is 5. The Morgan fingerprint density at radius 1 is 1.35 bits per heavy atom. The number of carbonyl (C=O) groups is 1. The Bertz CT molecular complexity index is 744. The van der Waals surface area contributed by atoms with Crippen molar-refractivity contribution in [3.63, 3.8) is 0 Å². The van der Waals surface area contributed by atoms with Gasteiger partial charge in [-0.3, -0.25) is 9.59 Å². The number of pyridine rings is 1. The molecule has 0 unspecified atom stereocenters. The van der Waals surface area contributed by atoms with E-state index >= 15 is 0 Å². The fraction of sp³-hybridized carbons (Fsp3) is 0.375. The molecule has 2 aromatic heterocycles. The van der Waals surface area contributed by atoms with E-state index in [1.807, 2.05) is 0 Å². The van der Waals surface area contributed by atoms with Crippen LogP contribution in [0.25, 0.3) is 0 Å². The molecule has 0 spiro atoms. The highest BCUT2D eigenvalue weighted by atomic mass is 16.5. The molecule has 1 aliphatic heterocycles. The molecule has 23 heavy (non-hydrogen) atoms. The summed E-state index contributed by atoms with van der Waals surface area (Å²) in [5.74, 6) is 0.195. The van der Waals surface area contributed by atoms with Crippen molar-refractivity contribution in [1.29, 1.82) is 0 Å². The number of likely N-dealkylation sites (tertiary alicyclic amines) is 1. The van der Waals surface area contributed by atoms with Crippen molar-refractivity contribution >= 4 is 5.91 Å². The van der Waals surface area contributed by atoms with E-state index in [9.17, 15) is 9.59 Å². The lowest BCUT2D eigenvalue weighted by molar-refractivity contribution is 0.0523. The molecular weight excluding hydrogens is 296 g/mol. The molecule has 2 aromatic rings. The van der Waals surface area contributed by atoms with Crippen LogP contribution < -0.4 is 10.3 Å². The van der Waals surface area contributed by atoms with Crippen LogP contribution in [0.3, 0.4) is 0 Å². The number of hydrogen-bond donors (Lipinski definition) is 0. The van der Waals surface area contributed by atoms with Gasteiger partial charge in [-0.05, 0) is 31.0 Å². The second-order valence-electron chi connectivity index (χ2n) is 5.53. The maximum atomic E-state index is 12.6. The largest absolute Gasteiger partial charge is 0.471 e. The summed E-state index contributed by atoms with van der Waals surface area (Å²) in [6, 6.07) is 6.76. The van der Waals surface area contributed by atoms with Gasteiger partial charge in [-0.1, -0.05) is 0 Å². The van der Waals surface area contributed by atoms with Crippen molar-refractivity contribution in [2.45, 2.75) is 18.9 Å². The Kier molecular flexibility index (Phi) is 4.36. The molecule has 0 bridgehead atoms. The Hall–Kier alpha value is -2.70. The molecule has 1 aliphatic rings. The molecule has 120 valence electrons. The molecule has 1 amide bonds. The summed E-state index contributed by atoms with van der Waals surface area (Å²) in [5.41, 5.74) is -0.0929. The first kappa shape index (κ1) is 15.2. The van der Waals surface area contributed by atoms with Crippen molar-refractivity contribution < 1.29 is 9.53 Å². The topological polar surface area (TPSA) is 77.3 Å². The summed E-state index contributed by atoms with van der Waals surface area (Å²) in [5, 5.41) is 7.67. The average Bonchev–Trinajstić information content (AvgIpc) is 2.58. The monoisotopic (exact) mass is 314 g/mol. The molecular formula is C16H18N4O3. The number of amides is 1. The molecule has 0 N–H and O–H groups in total. The summed E-state index contributed by atoms with van der Waals surface area (Å²) < 4.78 is 7.18. The number of ether oxygens (including phenoxy) is 1. The van der Waals surface area contributed by atoms with Gasteiger partial charge in [-0.2, -0.15) is 5.10 Å². The molecule has 3 heterocycles. The van der Waals surface area contributed by atoms with E-state index in [-0.39, 0.29) is 23.1 Å². The third kappa shape index (κ3) is 3.39. The van der Waals surface area contributed by atoms with Gasteiger partial charge >= 0.3 is 0 Å². The Balaban J connectivity index is 1.72. The minimum Gasteiger partial charge on any atom is -0.471 e. The van der Waals surface area contributed by atoms with Crippen LogP contribution in [0.15, 0.2) is 41.5 Å². The van der Waals surface area contributed by atoms with Gasteiger partial charge in [0.2, 0.25) is 5.88 Å². The lowest BCUT2D eigenvalue weighted by atomic mass is 10.1. The van der Waals surface area contributed by atoms with Crippen LogP contribution in [-0.4, -0.2) is 44.8 Å². The molecule has 7 nitrogen and oxygen atoms in total. The average molecular weight is 314 g/mol. The van der Waals surface area contributed by atoms with E-state index in [1.165, 1.54) is 4.57 Å². The van der Waals surface area contributed by atoms with E-state index < -0.39 is 0 Å². The zero-order valence-corrected chi connectivity index (χ0v) is 12.9. The predicted octanol–water partition coefficient (Wildman–Crippen LogP) is 0.859. The van der Waals surface area contributed by atoms with Crippen LogP contribution in [0.5, 0.6) is 5.88 Å². The highest BCUT2D eigenvalue weighted by Gasteiger charge is 2.27. The zero-order valence-electron chi connectivity index (χ0n) is 12.9. The lowest BCUT2D eigenvalue weighted by Crippen LogP contribution is -2.46.